The number of hydrogen-bond acceptors (Lipinski definition) is 9. The van der Waals surface area contributed by atoms with E-state index in [1.165, 1.54) is 57.6 Å². The van der Waals surface area contributed by atoms with Crippen LogP contribution in [-0.2, 0) is 20.6 Å². The normalized spacial score (nSPS) is 15.0. The van der Waals surface area contributed by atoms with Gasteiger partial charge in [-0.1, -0.05) is 85.0 Å². The van der Waals surface area contributed by atoms with Gasteiger partial charge in [0.1, 0.15) is 17.6 Å². The Labute approximate surface area is 256 Å². The van der Waals surface area contributed by atoms with Gasteiger partial charge in [-0.3, -0.25) is 9.36 Å². The first kappa shape index (κ1) is 36.0. The van der Waals surface area contributed by atoms with Crippen LogP contribution < -0.4 is 5.73 Å². The SMILES string of the molecule is CCCCCCCCCCCCC(S)(S)C[C@H](C(=O)C(C)C)[C@H](O[C@H](C)Cn1cnc2c(N)ncnc21)P(=O)(O)O. The van der Waals surface area contributed by atoms with Gasteiger partial charge in [0.25, 0.3) is 0 Å². The Balaban J connectivity index is 2.03. The highest BCUT2D eigenvalue weighted by Gasteiger charge is 2.45. The summed E-state index contributed by atoms with van der Waals surface area (Å²) in [4.78, 5) is 46.4. The molecule has 10 nitrogen and oxygen atoms in total. The molecule has 2 aromatic heterocycles. The van der Waals surface area contributed by atoms with Gasteiger partial charge in [-0.2, -0.15) is 25.3 Å². The van der Waals surface area contributed by atoms with Gasteiger partial charge in [0.2, 0.25) is 0 Å². The maximum absolute atomic E-state index is 13.3. The number of unbranched alkanes of at least 4 members (excludes halogenated alkanes) is 9. The second-order valence-corrected chi connectivity index (χ2v) is 15.3. The van der Waals surface area contributed by atoms with Gasteiger partial charge in [-0.25, -0.2) is 15.0 Å². The Morgan fingerprint density at radius 3 is 2.17 bits per heavy atom. The van der Waals surface area contributed by atoms with Crippen molar-refractivity contribution in [1.82, 2.24) is 19.5 Å². The number of anilines is 1. The van der Waals surface area contributed by atoms with Crippen LogP contribution in [0.4, 0.5) is 5.82 Å². The van der Waals surface area contributed by atoms with Crippen molar-refractivity contribution >= 4 is 55.6 Å². The van der Waals surface area contributed by atoms with E-state index in [0.29, 0.717) is 17.6 Å². The molecule has 0 aliphatic rings. The average molecular weight is 632 g/mol. The van der Waals surface area contributed by atoms with E-state index in [0.717, 1.165) is 19.3 Å². The van der Waals surface area contributed by atoms with Gasteiger partial charge >= 0.3 is 7.60 Å². The minimum absolute atomic E-state index is 0.0773. The van der Waals surface area contributed by atoms with Crippen LogP contribution >= 0.6 is 32.9 Å². The van der Waals surface area contributed by atoms with Gasteiger partial charge < -0.3 is 24.8 Å². The number of nitrogens with two attached hydrogens (primary N) is 1. The van der Waals surface area contributed by atoms with E-state index < -0.39 is 35.5 Å². The van der Waals surface area contributed by atoms with Crippen LogP contribution in [0.5, 0.6) is 0 Å². The Kier molecular flexibility index (Phi) is 15.1. The Morgan fingerprint density at radius 2 is 1.61 bits per heavy atom. The maximum atomic E-state index is 13.3. The molecule has 2 aromatic rings. The van der Waals surface area contributed by atoms with Crippen molar-refractivity contribution in [3.8, 4) is 0 Å². The molecule has 2 heterocycles. The Hall–Kier alpha value is -1.17. The Bertz CT molecular complexity index is 1130. The van der Waals surface area contributed by atoms with Crippen LogP contribution in [0.15, 0.2) is 12.7 Å². The summed E-state index contributed by atoms with van der Waals surface area (Å²) < 4.78 is 19.5. The standard InChI is InChI=1S/C28H50N5O5PS2/c1-5-6-7-8-9-10-11-12-13-14-15-28(40,41)16-22(24(34)20(2)3)27(39(35,36)37)38-21(4)17-33-19-32-23-25(29)30-18-31-26(23)33/h18-22,27,40-41H,5-17H2,1-4H3,(H2,29,30,31)(H2,35,36,37)/t21-,22-,27-/m1/s1. The lowest BCUT2D eigenvalue weighted by Crippen LogP contribution is -2.39. The van der Waals surface area contributed by atoms with Crippen molar-refractivity contribution in [2.24, 2.45) is 11.8 Å². The van der Waals surface area contributed by atoms with Crippen molar-refractivity contribution in [2.75, 3.05) is 5.73 Å². The number of ether oxygens (including phenoxy) is 1. The van der Waals surface area contributed by atoms with E-state index in [1.807, 2.05) is 0 Å². The highest BCUT2D eigenvalue weighted by atomic mass is 32.2. The summed E-state index contributed by atoms with van der Waals surface area (Å²) in [6.45, 7) is 7.55. The van der Waals surface area contributed by atoms with Gasteiger partial charge in [0.15, 0.2) is 17.3 Å². The third-order valence-electron chi connectivity index (χ3n) is 7.34. The number of carbonyl (C=O) groups is 1. The molecule has 0 aliphatic heterocycles. The number of imidazole rings is 1. The highest BCUT2D eigenvalue weighted by molar-refractivity contribution is 8.00. The van der Waals surface area contributed by atoms with Gasteiger partial charge in [0.05, 0.1) is 29.0 Å². The molecular formula is C28H50N5O5PS2. The molecule has 0 unspecified atom stereocenters. The van der Waals surface area contributed by atoms with Crippen LogP contribution in [0.2, 0.25) is 0 Å². The predicted molar refractivity (Wildman–Crippen MR) is 171 cm³/mol. The molecule has 4 N–H and O–H groups in total. The molecule has 41 heavy (non-hydrogen) atoms. The van der Waals surface area contributed by atoms with Crippen molar-refractivity contribution in [1.29, 1.82) is 0 Å². The second kappa shape index (κ2) is 17.2. The minimum Gasteiger partial charge on any atom is -0.382 e. The van der Waals surface area contributed by atoms with Crippen molar-refractivity contribution < 1.29 is 23.9 Å². The van der Waals surface area contributed by atoms with E-state index in [4.69, 9.17) is 35.7 Å². The summed E-state index contributed by atoms with van der Waals surface area (Å²) in [7, 11) is -4.85. The summed E-state index contributed by atoms with van der Waals surface area (Å²) in [5, 5.41) is 0. The van der Waals surface area contributed by atoms with Crippen molar-refractivity contribution in [2.45, 2.75) is 127 Å². The van der Waals surface area contributed by atoms with Crippen LogP contribution in [-0.4, -0.2) is 51.1 Å². The molecular weight excluding hydrogens is 581 g/mol. The van der Waals surface area contributed by atoms with Crippen molar-refractivity contribution in [3.63, 3.8) is 0 Å². The molecule has 3 atom stereocenters. The molecule has 0 radical (unpaired) electrons. The fourth-order valence-electron chi connectivity index (χ4n) is 5.12. The zero-order valence-corrected chi connectivity index (χ0v) is 27.7. The van der Waals surface area contributed by atoms with E-state index in [9.17, 15) is 19.1 Å². The summed E-state index contributed by atoms with van der Waals surface area (Å²) in [6.07, 6.45) is 14.8. The van der Waals surface area contributed by atoms with Crippen LogP contribution in [0.1, 0.15) is 105 Å². The third-order valence-corrected chi connectivity index (χ3v) is 9.30. The largest absolute Gasteiger partial charge is 0.382 e. The van der Waals surface area contributed by atoms with E-state index in [2.05, 4.69) is 21.9 Å². The smallest absolute Gasteiger partial charge is 0.354 e. The number of thiol groups is 2. The third kappa shape index (κ3) is 12.2. The number of Topliss-reactive ketones (excluding diaryl/α,β-unsaturated/α-hetero) is 1. The summed E-state index contributed by atoms with van der Waals surface area (Å²) in [6, 6.07) is 0. The van der Waals surface area contributed by atoms with Gasteiger partial charge in [0, 0.05) is 5.92 Å². The summed E-state index contributed by atoms with van der Waals surface area (Å²) in [5.74, 6) is -3.20. The number of fused-ring (bicyclic) bond motifs is 1. The molecule has 0 amide bonds. The molecule has 0 saturated carbocycles. The lowest BCUT2D eigenvalue weighted by atomic mass is 9.90. The van der Waals surface area contributed by atoms with Gasteiger partial charge in [-0.15, -0.1) is 0 Å². The molecule has 0 aromatic carbocycles. The number of rotatable bonds is 21. The number of nitrogen functional groups attached to an aromatic ring is 1. The predicted octanol–water partition coefficient (Wildman–Crippen LogP) is 6.42. The summed E-state index contributed by atoms with van der Waals surface area (Å²) in [5.41, 5.74) is 6.78. The second-order valence-electron chi connectivity index (χ2n) is 11.5. The van der Waals surface area contributed by atoms with Crippen LogP contribution in [0.25, 0.3) is 11.2 Å². The van der Waals surface area contributed by atoms with Crippen molar-refractivity contribution in [3.05, 3.63) is 12.7 Å². The van der Waals surface area contributed by atoms with Crippen LogP contribution in [0.3, 0.4) is 0 Å². The maximum Gasteiger partial charge on any atom is 0.354 e. The van der Waals surface area contributed by atoms with E-state index in [1.54, 1.807) is 25.3 Å². The summed E-state index contributed by atoms with van der Waals surface area (Å²) >= 11 is 9.50. The lowest BCUT2D eigenvalue weighted by Gasteiger charge is -2.34. The number of carbonyl (C=O) groups excluding carboxylic acids is 1. The molecule has 0 spiro atoms. The molecule has 0 saturated heterocycles. The molecule has 0 bridgehead atoms. The molecule has 0 fully saturated rings. The number of hydrogen-bond donors (Lipinski definition) is 5. The molecule has 2 rings (SSSR count). The lowest BCUT2D eigenvalue weighted by molar-refractivity contribution is -0.131. The average Bonchev–Trinajstić information content (AvgIpc) is 3.30. The topological polar surface area (TPSA) is 153 Å². The Morgan fingerprint density at radius 1 is 1.02 bits per heavy atom. The highest BCUT2D eigenvalue weighted by Crippen LogP contribution is 2.50. The number of aromatic nitrogens is 4. The fraction of sp³-hybridized carbons (Fsp3) is 0.786. The molecule has 13 heteroatoms. The quantitative estimate of drug-likeness (QED) is 0.0455. The first-order chi connectivity index (χ1) is 19.3. The number of ketones is 1. The zero-order chi connectivity index (χ0) is 30.6. The van der Waals surface area contributed by atoms with Crippen LogP contribution in [0, 0.1) is 11.8 Å². The first-order valence-corrected chi connectivity index (χ1v) is 17.4. The molecule has 0 aliphatic carbocycles. The van der Waals surface area contributed by atoms with E-state index >= 15 is 0 Å². The van der Waals surface area contributed by atoms with Gasteiger partial charge in [-0.05, 0) is 19.8 Å². The monoisotopic (exact) mass is 631 g/mol. The van der Waals surface area contributed by atoms with E-state index in [-0.39, 0.29) is 24.6 Å². The molecule has 234 valence electrons. The zero-order valence-electron chi connectivity index (χ0n) is 25.0. The first-order valence-electron chi connectivity index (χ1n) is 14.9. The minimum atomic E-state index is -4.85. The number of nitrogens with zero attached hydrogens (tertiary/aromatic N) is 4. The fourth-order valence-corrected chi connectivity index (χ4v) is 6.92.